The number of nitrogens with two attached hydrogens (primary N) is 1. The van der Waals surface area contributed by atoms with Crippen LogP contribution in [0.3, 0.4) is 0 Å². The monoisotopic (exact) mass is 966 g/mol. The van der Waals surface area contributed by atoms with Gasteiger partial charge in [-0.2, -0.15) is 0 Å². The van der Waals surface area contributed by atoms with Gasteiger partial charge < -0.3 is 31.2 Å². The minimum Gasteiger partial charge on any atom is -0.624 e. The predicted molar refractivity (Wildman–Crippen MR) is 303 cm³/mol. The van der Waals surface area contributed by atoms with E-state index in [-0.39, 0.29) is 48.7 Å². The quantitative estimate of drug-likeness (QED) is 0.0584. The van der Waals surface area contributed by atoms with Crippen molar-refractivity contribution in [3.8, 4) is 5.69 Å². The number of hydrogen-bond acceptors (Lipinski definition) is 6. The molecule has 9 atom stereocenters. The number of nitrogens with one attached hydrogen (secondary N) is 4. The summed E-state index contributed by atoms with van der Waals surface area (Å²) in [5.41, 5.74) is 21.5. The average molecular weight is 966 g/mol. The van der Waals surface area contributed by atoms with Crippen LogP contribution in [-0.4, -0.2) is 16.8 Å². The highest BCUT2D eigenvalue weighted by molar-refractivity contribution is 6.09. The van der Waals surface area contributed by atoms with Crippen molar-refractivity contribution in [3.05, 3.63) is 287 Å². The number of benzene rings is 8. The van der Waals surface area contributed by atoms with Crippen LogP contribution in [-0.2, 0) is 6.54 Å². The molecule has 9 unspecified atom stereocenters. The maximum Gasteiger partial charge on any atom is 0.0822 e. The second-order valence-corrected chi connectivity index (χ2v) is 20.3. The molecule has 0 amide bonds. The minimum atomic E-state index is -0.347. The number of para-hydroxylation sites is 2. The van der Waals surface area contributed by atoms with Crippen molar-refractivity contribution in [3.63, 3.8) is 0 Å². The van der Waals surface area contributed by atoms with Gasteiger partial charge in [0.2, 0.25) is 0 Å². The lowest BCUT2D eigenvalue weighted by molar-refractivity contribution is 0.307. The fourth-order valence-corrected chi connectivity index (χ4v) is 12.1. The first-order chi connectivity index (χ1) is 36.6. The van der Waals surface area contributed by atoms with Gasteiger partial charge in [0, 0.05) is 52.1 Å². The Morgan fingerprint density at radius 1 is 0.581 bits per heavy atom. The maximum atomic E-state index is 6.96. The third kappa shape index (κ3) is 9.00. The molecular weight excluding hydrogens is 905 g/mol. The molecule has 0 radical (unpaired) electrons. The van der Waals surface area contributed by atoms with E-state index in [0.29, 0.717) is 5.92 Å². The maximum absolute atomic E-state index is 6.96. The zero-order valence-corrected chi connectivity index (χ0v) is 41.3. The number of allylic oxidation sites excluding steroid dienone is 4. The summed E-state index contributed by atoms with van der Waals surface area (Å²) in [5, 5.41) is 22.9. The molecule has 8 heteroatoms. The van der Waals surface area contributed by atoms with Crippen LogP contribution in [0.5, 0.6) is 0 Å². The Morgan fingerprint density at radius 2 is 1.23 bits per heavy atom. The fourth-order valence-electron chi connectivity index (χ4n) is 12.1. The zero-order chi connectivity index (χ0) is 49.4. The van der Waals surface area contributed by atoms with Crippen LogP contribution in [0.1, 0.15) is 88.3 Å². The van der Waals surface area contributed by atoms with Crippen molar-refractivity contribution in [1.29, 1.82) is 0 Å². The number of hydrogen-bond donors (Lipinski definition) is 5. The smallest absolute Gasteiger partial charge is 0.0822 e. The second-order valence-electron chi connectivity index (χ2n) is 20.3. The Labute approximate surface area is 434 Å². The van der Waals surface area contributed by atoms with Crippen molar-refractivity contribution in [2.75, 3.05) is 4.90 Å². The van der Waals surface area contributed by atoms with Crippen LogP contribution < -0.4 is 31.9 Å². The number of rotatable bonds is 13. The molecule has 1 aromatic heterocycles. The predicted octanol–water partition coefficient (Wildman–Crippen LogP) is 13.9. The molecule has 1 saturated heterocycles. The van der Waals surface area contributed by atoms with E-state index >= 15 is 0 Å². The van der Waals surface area contributed by atoms with Crippen molar-refractivity contribution in [2.24, 2.45) is 11.7 Å². The van der Waals surface area contributed by atoms with Gasteiger partial charge in [-0.15, -0.1) is 0 Å². The summed E-state index contributed by atoms with van der Waals surface area (Å²) in [5.74, 6) is 0.918. The summed E-state index contributed by atoms with van der Waals surface area (Å²) in [6, 6.07) is 74.8. The Bertz CT molecular complexity index is 3430. The standard InChI is InChI=1S/C66H61N8/c67-62(69-63(46-19-7-2-8-20-46)68-43-44-17-5-1-6-18-44)45-29-35-52(36-30-45)73-58-27-15-13-25-54(58)56-41-50(33-39-60(56)73)51-34-40-61-57(42-51)55-26-14-16-28-59(55)74(61)53-37-31-49(32-38-53)66-71-64(47-21-9-3-10-22-47)70-65(72-66)48-23-11-4-12-24-48/h1-19,21-41,46,51,57,61-66,68-71H,20,42-43,67H2/q-1. The molecule has 9 aromatic rings. The highest BCUT2D eigenvalue weighted by atomic mass is 15.4. The van der Waals surface area contributed by atoms with E-state index in [1.807, 2.05) is 0 Å². The third-order valence-corrected chi connectivity index (χ3v) is 15.8. The lowest BCUT2D eigenvalue weighted by Crippen LogP contribution is -2.50. The molecule has 8 nitrogen and oxygen atoms in total. The van der Waals surface area contributed by atoms with Crippen LogP contribution in [0, 0.1) is 5.92 Å². The third-order valence-electron chi connectivity index (χ3n) is 15.8. The molecule has 2 aliphatic heterocycles. The normalized spacial score (nSPS) is 22.9. The van der Waals surface area contributed by atoms with Gasteiger partial charge in [-0.25, -0.2) is 0 Å². The van der Waals surface area contributed by atoms with Crippen LogP contribution in [0.15, 0.2) is 243 Å². The summed E-state index contributed by atoms with van der Waals surface area (Å²) in [7, 11) is 0. The fraction of sp³-hybridized carbons (Fsp3) is 0.182. The summed E-state index contributed by atoms with van der Waals surface area (Å²) in [6.45, 7) is 0.760. The number of fused-ring (bicyclic) bond motifs is 6. The molecule has 0 bridgehead atoms. The second kappa shape index (κ2) is 20.3. The molecule has 2 aliphatic carbocycles. The molecule has 1 fully saturated rings. The van der Waals surface area contributed by atoms with Gasteiger partial charge in [-0.05, 0) is 89.2 Å². The number of aromatic nitrogens is 1. The Balaban J connectivity index is 0.747. The first-order valence-corrected chi connectivity index (χ1v) is 26.3. The number of anilines is 2. The lowest BCUT2D eigenvalue weighted by Gasteiger charge is -2.50. The largest absolute Gasteiger partial charge is 0.624 e. The molecule has 13 rings (SSSR count). The molecule has 366 valence electrons. The average Bonchev–Trinajstić information content (AvgIpc) is 3.99. The molecule has 4 aliphatic rings. The SMILES string of the molecule is NC(NC(NCc1ccccc1)C1C=CC=CC1)c1ccc(-n2c3ccccc3c3cc(C4C=CC5C(C4)c4ccccc4N5c4ccc(C5[N-]C(c6ccccc6)NC(c6ccccc6)N5)cc4)ccc32)cc1. The van der Waals surface area contributed by atoms with E-state index in [2.05, 4.69) is 273 Å². The molecule has 0 spiro atoms. The topological polar surface area (TPSA) is 96.4 Å². The van der Waals surface area contributed by atoms with Crippen LogP contribution in [0.25, 0.3) is 32.8 Å². The van der Waals surface area contributed by atoms with Gasteiger partial charge in [0.05, 0.1) is 35.6 Å². The molecule has 8 aromatic carbocycles. The summed E-state index contributed by atoms with van der Waals surface area (Å²) >= 11 is 0. The molecule has 3 heterocycles. The van der Waals surface area contributed by atoms with Gasteiger partial charge in [-0.3, -0.25) is 10.6 Å². The Hall–Kier alpha value is -7.66. The van der Waals surface area contributed by atoms with E-state index < -0.39 is 0 Å². The van der Waals surface area contributed by atoms with E-state index in [1.54, 1.807) is 0 Å². The molecule has 0 saturated carbocycles. The molecular formula is C66H61N8-. The Morgan fingerprint density at radius 3 is 1.99 bits per heavy atom. The van der Waals surface area contributed by atoms with Crippen molar-refractivity contribution >= 4 is 33.2 Å². The zero-order valence-electron chi connectivity index (χ0n) is 41.3. The highest BCUT2D eigenvalue weighted by Gasteiger charge is 2.41. The first-order valence-electron chi connectivity index (χ1n) is 26.3. The van der Waals surface area contributed by atoms with Crippen molar-refractivity contribution in [2.45, 2.75) is 68.1 Å². The van der Waals surface area contributed by atoms with Crippen LogP contribution in [0.2, 0.25) is 0 Å². The molecule has 74 heavy (non-hydrogen) atoms. The van der Waals surface area contributed by atoms with Crippen molar-refractivity contribution < 1.29 is 0 Å². The van der Waals surface area contributed by atoms with E-state index in [0.717, 1.165) is 41.8 Å². The first kappa shape index (κ1) is 46.1. The van der Waals surface area contributed by atoms with Gasteiger partial charge >= 0.3 is 0 Å². The van der Waals surface area contributed by atoms with Crippen LogP contribution >= 0.6 is 0 Å². The van der Waals surface area contributed by atoms with Gasteiger partial charge in [0.15, 0.2) is 0 Å². The van der Waals surface area contributed by atoms with E-state index in [9.17, 15) is 0 Å². The minimum absolute atomic E-state index is 0.00513. The lowest BCUT2D eigenvalue weighted by atomic mass is 9.78. The van der Waals surface area contributed by atoms with E-state index in [1.165, 1.54) is 55.4 Å². The molecule has 6 N–H and O–H groups in total. The highest BCUT2D eigenvalue weighted by Crippen LogP contribution is 2.52. The van der Waals surface area contributed by atoms with Crippen molar-refractivity contribution in [1.82, 2.24) is 25.8 Å². The van der Waals surface area contributed by atoms with Gasteiger partial charge in [0.25, 0.3) is 0 Å². The van der Waals surface area contributed by atoms with E-state index in [4.69, 9.17) is 11.1 Å². The summed E-state index contributed by atoms with van der Waals surface area (Å²) in [6.07, 6.45) is 15.0. The Kier molecular flexibility index (Phi) is 12.7. The van der Waals surface area contributed by atoms with Crippen LogP contribution in [0.4, 0.5) is 11.4 Å². The van der Waals surface area contributed by atoms with Gasteiger partial charge in [0.1, 0.15) is 0 Å². The summed E-state index contributed by atoms with van der Waals surface area (Å²) < 4.78 is 2.40. The number of nitrogens with zero attached hydrogens (tertiary/aromatic N) is 3. The van der Waals surface area contributed by atoms with Gasteiger partial charge in [-0.1, -0.05) is 218 Å². The summed E-state index contributed by atoms with van der Waals surface area (Å²) in [4.78, 5) is 2.56.